The summed E-state index contributed by atoms with van der Waals surface area (Å²) in [6, 6.07) is 26.4. The minimum atomic E-state index is 0.0183. The fourth-order valence-electron chi connectivity index (χ4n) is 7.06. The number of aryl methyl sites for hydroxylation is 4. The van der Waals surface area contributed by atoms with Crippen molar-refractivity contribution in [1.29, 1.82) is 0 Å². The number of anilines is 1. The molecule has 1 saturated carbocycles. The van der Waals surface area contributed by atoms with Gasteiger partial charge < -0.3 is 5.32 Å². The lowest BCUT2D eigenvalue weighted by Crippen LogP contribution is -2.37. The summed E-state index contributed by atoms with van der Waals surface area (Å²) >= 11 is 0. The summed E-state index contributed by atoms with van der Waals surface area (Å²) in [5, 5.41) is 3.39. The number of benzene rings is 3. The van der Waals surface area contributed by atoms with Gasteiger partial charge in [-0.3, -0.25) is 4.79 Å². The quantitative estimate of drug-likeness (QED) is 0.306. The van der Waals surface area contributed by atoms with Gasteiger partial charge in [0.15, 0.2) is 0 Å². The van der Waals surface area contributed by atoms with E-state index in [0.29, 0.717) is 17.8 Å². The van der Waals surface area contributed by atoms with Crippen molar-refractivity contribution in [3.8, 4) is 0 Å². The zero-order valence-electron chi connectivity index (χ0n) is 24.0. The molecule has 2 nitrogen and oxygen atoms in total. The zero-order valence-corrected chi connectivity index (χ0v) is 24.0. The van der Waals surface area contributed by atoms with Gasteiger partial charge in [0.05, 0.1) is 0 Å². The van der Waals surface area contributed by atoms with Gasteiger partial charge in [-0.15, -0.1) is 0 Å². The fourth-order valence-corrected chi connectivity index (χ4v) is 7.06. The van der Waals surface area contributed by atoms with Crippen LogP contribution in [0.25, 0.3) is 0 Å². The Morgan fingerprint density at radius 3 is 2.16 bits per heavy atom. The molecular formula is C36H47NO. The van der Waals surface area contributed by atoms with E-state index in [4.69, 9.17) is 0 Å². The third-order valence-corrected chi connectivity index (χ3v) is 9.12. The van der Waals surface area contributed by atoms with Crippen LogP contribution < -0.4 is 5.32 Å². The second-order valence-electron chi connectivity index (χ2n) is 11.4. The van der Waals surface area contributed by atoms with Crippen LogP contribution in [0.1, 0.15) is 92.5 Å². The molecule has 0 aromatic heterocycles. The minimum absolute atomic E-state index is 0.0183. The third kappa shape index (κ3) is 6.76. The molecule has 3 aromatic rings. The van der Waals surface area contributed by atoms with Crippen LogP contribution in [0.15, 0.2) is 72.8 Å². The van der Waals surface area contributed by atoms with Crippen molar-refractivity contribution in [2.24, 2.45) is 17.8 Å². The lowest BCUT2D eigenvalue weighted by Gasteiger charge is -2.40. The van der Waals surface area contributed by atoms with Crippen LogP contribution in [0.3, 0.4) is 0 Å². The number of nitrogens with one attached hydrogen (secondary N) is 1. The molecule has 4 unspecified atom stereocenters. The molecule has 0 bridgehead atoms. The Morgan fingerprint density at radius 2 is 1.47 bits per heavy atom. The molecule has 4 rings (SSSR count). The second-order valence-corrected chi connectivity index (χ2v) is 11.4. The molecule has 0 heterocycles. The van der Waals surface area contributed by atoms with Crippen LogP contribution in [0.4, 0.5) is 5.69 Å². The first-order valence-electron chi connectivity index (χ1n) is 15.0. The number of para-hydroxylation sites is 1. The van der Waals surface area contributed by atoms with Gasteiger partial charge in [0.1, 0.15) is 0 Å². The highest BCUT2D eigenvalue weighted by atomic mass is 16.1. The Hall–Kier alpha value is -2.87. The van der Waals surface area contributed by atoms with E-state index >= 15 is 0 Å². The van der Waals surface area contributed by atoms with Gasteiger partial charge >= 0.3 is 0 Å². The van der Waals surface area contributed by atoms with E-state index in [2.05, 4.69) is 106 Å². The Labute approximate surface area is 231 Å². The highest BCUT2D eigenvalue weighted by molar-refractivity contribution is 5.94. The number of hydrogen-bond donors (Lipinski definition) is 1. The van der Waals surface area contributed by atoms with E-state index in [1.54, 1.807) is 0 Å². The van der Waals surface area contributed by atoms with Crippen molar-refractivity contribution in [2.45, 2.75) is 91.4 Å². The molecule has 1 amide bonds. The summed E-state index contributed by atoms with van der Waals surface area (Å²) in [5.41, 5.74) is 7.68. The van der Waals surface area contributed by atoms with Gasteiger partial charge in [0.25, 0.3) is 0 Å². The van der Waals surface area contributed by atoms with Crippen molar-refractivity contribution in [3.05, 3.63) is 101 Å². The van der Waals surface area contributed by atoms with Crippen molar-refractivity contribution >= 4 is 11.6 Å². The molecule has 0 spiro atoms. The van der Waals surface area contributed by atoms with E-state index in [1.807, 2.05) is 0 Å². The smallest absolute Gasteiger partial charge is 0.227 e. The molecule has 202 valence electrons. The predicted octanol–water partition coefficient (Wildman–Crippen LogP) is 9.44. The number of carbonyl (C=O) groups is 1. The molecule has 0 aliphatic heterocycles. The molecule has 1 N–H and O–H groups in total. The summed E-state index contributed by atoms with van der Waals surface area (Å²) < 4.78 is 0. The van der Waals surface area contributed by atoms with Crippen LogP contribution in [-0.4, -0.2) is 5.91 Å². The van der Waals surface area contributed by atoms with E-state index < -0.39 is 0 Å². The maximum Gasteiger partial charge on any atom is 0.227 e. The molecule has 4 atom stereocenters. The normalized spacial score (nSPS) is 20.8. The van der Waals surface area contributed by atoms with Crippen LogP contribution in [0.2, 0.25) is 0 Å². The lowest BCUT2D eigenvalue weighted by molar-refractivity contribution is -0.122. The monoisotopic (exact) mass is 509 g/mol. The SMILES string of the molecule is CCc1ccccc1CCC1C(c2ccccc2)CCCCCC1C(CC)C(=O)Nc1c(C)cccc1C. The number of amides is 1. The highest BCUT2D eigenvalue weighted by Gasteiger charge is 2.38. The first-order valence-corrected chi connectivity index (χ1v) is 15.0. The first kappa shape index (κ1) is 28.1. The van der Waals surface area contributed by atoms with Gasteiger partial charge in [-0.25, -0.2) is 0 Å². The average molecular weight is 510 g/mol. The van der Waals surface area contributed by atoms with E-state index in [9.17, 15) is 4.79 Å². The second kappa shape index (κ2) is 13.8. The molecule has 0 radical (unpaired) electrons. The largest absolute Gasteiger partial charge is 0.325 e. The molecule has 2 heteroatoms. The van der Waals surface area contributed by atoms with Gasteiger partial charge in [0, 0.05) is 11.6 Å². The Kier molecular flexibility index (Phi) is 10.2. The third-order valence-electron chi connectivity index (χ3n) is 9.12. The Balaban J connectivity index is 1.68. The zero-order chi connectivity index (χ0) is 26.9. The highest BCUT2D eigenvalue weighted by Crippen LogP contribution is 2.45. The maximum absolute atomic E-state index is 14.0. The number of hydrogen-bond acceptors (Lipinski definition) is 1. The van der Waals surface area contributed by atoms with Crippen LogP contribution in [0, 0.1) is 31.6 Å². The molecule has 38 heavy (non-hydrogen) atoms. The maximum atomic E-state index is 14.0. The Morgan fingerprint density at radius 1 is 0.816 bits per heavy atom. The van der Waals surface area contributed by atoms with Gasteiger partial charge in [-0.05, 0) is 97.9 Å². The standard InChI is InChI=1S/C36H47NO/c1-5-28-18-13-14-19-29(28)24-25-34-32(30-20-9-7-10-21-30)22-11-8-12-23-33(34)31(6-2)36(38)37-35-26(3)16-15-17-27(35)4/h7,9-10,13-21,31-34H,5-6,8,11-12,22-25H2,1-4H3,(H,37,38). The van der Waals surface area contributed by atoms with E-state index in [1.165, 1.54) is 42.4 Å². The van der Waals surface area contributed by atoms with Gasteiger partial charge in [-0.1, -0.05) is 106 Å². The van der Waals surface area contributed by atoms with E-state index in [0.717, 1.165) is 48.9 Å². The summed E-state index contributed by atoms with van der Waals surface area (Å²) in [7, 11) is 0. The lowest BCUT2D eigenvalue weighted by atomic mass is 9.65. The average Bonchev–Trinajstić information content (AvgIpc) is 2.92. The van der Waals surface area contributed by atoms with Crippen molar-refractivity contribution in [3.63, 3.8) is 0 Å². The predicted molar refractivity (Wildman–Crippen MR) is 162 cm³/mol. The summed E-state index contributed by atoms with van der Waals surface area (Å²) in [4.78, 5) is 14.0. The number of rotatable bonds is 9. The molecule has 3 aromatic carbocycles. The molecule has 1 aliphatic rings. The summed E-state index contributed by atoms with van der Waals surface area (Å²) in [6.07, 6.45) is 10.3. The van der Waals surface area contributed by atoms with Crippen molar-refractivity contribution in [1.82, 2.24) is 0 Å². The fraction of sp³-hybridized carbons (Fsp3) is 0.472. The van der Waals surface area contributed by atoms with Gasteiger partial charge in [0.2, 0.25) is 5.91 Å². The first-order chi connectivity index (χ1) is 18.5. The van der Waals surface area contributed by atoms with Crippen molar-refractivity contribution < 1.29 is 4.79 Å². The van der Waals surface area contributed by atoms with Crippen LogP contribution >= 0.6 is 0 Å². The topological polar surface area (TPSA) is 29.1 Å². The van der Waals surface area contributed by atoms with Crippen molar-refractivity contribution in [2.75, 3.05) is 5.32 Å². The van der Waals surface area contributed by atoms with Crippen LogP contribution in [0.5, 0.6) is 0 Å². The minimum Gasteiger partial charge on any atom is -0.325 e. The van der Waals surface area contributed by atoms with E-state index in [-0.39, 0.29) is 11.8 Å². The summed E-state index contributed by atoms with van der Waals surface area (Å²) in [6.45, 7) is 8.67. The van der Waals surface area contributed by atoms with Crippen LogP contribution in [-0.2, 0) is 17.6 Å². The summed E-state index contributed by atoms with van der Waals surface area (Å²) in [5.74, 6) is 1.59. The molecule has 1 aliphatic carbocycles. The molecule has 1 fully saturated rings. The molecular weight excluding hydrogens is 462 g/mol. The van der Waals surface area contributed by atoms with Gasteiger partial charge in [-0.2, -0.15) is 0 Å². The Bertz CT molecular complexity index is 1150. The number of carbonyl (C=O) groups excluding carboxylic acids is 1. The molecule has 0 saturated heterocycles.